The Kier molecular flexibility index (Phi) is 8.30. The van der Waals surface area contributed by atoms with Gasteiger partial charge in [-0.2, -0.15) is 0 Å². The molecule has 1 heterocycles. The van der Waals surface area contributed by atoms with Crippen LogP contribution < -0.4 is 5.32 Å². The molecule has 0 aromatic carbocycles. The minimum atomic E-state index is -0.188. The monoisotopic (exact) mass is 313 g/mol. The SMILES string of the molecule is COC(=O)CCc1csc(NCCCCN(C)C(C)C)n1. The number of aryl methyl sites for hydroxylation is 1. The fourth-order valence-electron chi connectivity index (χ4n) is 1.77. The smallest absolute Gasteiger partial charge is 0.305 e. The van der Waals surface area contributed by atoms with Crippen molar-refractivity contribution >= 4 is 22.4 Å². The number of nitrogens with zero attached hydrogens (tertiary/aromatic N) is 2. The second kappa shape index (κ2) is 9.73. The molecule has 1 aromatic rings. The van der Waals surface area contributed by atoms with Crippen molar-refractivity contribution in [3.63, 3.8) is 0 Å². The molecule has 5 nitrogen and oxygen atoms in total. The number of nitrogens with one attached hydrogen (secondary N) is 1. The Bertz CT molecular complexity index is 421. The van der Waals surface area contributed by atoms with E-state index in [1.807, 2.05) is 5.38 Å². The second-order valence-electron chi connectivity index (χ2n) is 5.43. The van der Waals surface area contributed by atoms with Crippen LogP contribution >= 0.6 is 11.3 Å². The van der Waals surface area contributed by atoms with Gasteiger partial charge in [0, 0.05) is 24.4 Å². The highest BCUT2D eigenvalue weighted by molar-refractivity contribution is 7.13. The van der Waals surface area contributed by atoms with E-state index in [0.29, 0.717) is 18.9 Å². The topological polar surface area (TPSA) is 54.5 Å². The van der Waals surface area contributed by atoms with Gasteiger partial charge in [-0.05, 0) is 40.3 Å². The first-order valence-electron chi connectivity index (χ1n) is 7.48. The van der Waals surface area contributed by atoms with Crippen molar-refractivity contribution in [3.8, 4) is 0 Å². The lowest BCUT2D eigenvalue weighted by Gasteiger charge is -2.20. The number of ether oxygens (including phenoxy) is 1. The Morgan fingerprint density at radius 1 is 1.48 bits per heavy atom. The number of methoxy groups -OCH3 is 1. The Hall–Kier alpha value is -1.14. The predicted octanol–water partition coefficient (Wildman–Crippen LogP) is 2.78. The normalized spacial score (nSPS) is 11.1. The fraction of sp³-hybridized carbons (Fsp3) is 0.733. The number of aromatic nitrogens is 1. The van der Waals surface area contributed by atoms with E-state index in [-0.39, 0.29) is 5.97 Å². The van der Waals surface area contributed by atoms with Crippen molar-refractivity contribution in [2.75, 3.05) is 32.6 Å². The van der Waals surface area contributed by atoms with Crippen LogP contribution in [0.4, 0.5) is 5.13 Å². The summed E-state index contributed by atoms with van der Waals surface area (Å²) in [6.45, 7) is 6.49. The molecule has 0 aliphatic heterocycles. The number of anilines is 1. The molecule has 0 unspecified atom stereocenters. The summed E-state index contributed by atoms with van der Waals surface area (Å²) < 4.78 is 4.62. The van der Waals surface area contributed by atoms with Gasteiger partial charge in [-0.25, -0.2) is 4.98 Å². The maximum atomic E-state index is 11.1. The predicted molar refractivity (Wildman–Crippen MR) is 87.9 cm³/mol. The minimum Gasteiger partial charge on any atom is -0.469 e. The summed E-state index contributed by atoms with van der Waals surface area (Å²) in [5, 5.41) is 6.28. The van der Waals surface area contributed by atoms with Crippen LogP contribution in [0.25, 0.3) is 0 Å². The van der Waals surface area contributed by atoms with E-state index in [1.165, 1.54) is 13.5 Å². The van der Waals surface area contributed by atoms with Crippen LogP contribution in [0.3, 0.4) is 0 Å². The molecule has 0 atom stereocenters. The van der Waals surface area contributed by atoms with Crippen molar-refractivity contribution in [1.29, 1.82) is 0 Å². The summed E-state index contributed by atoms with van der Waals surface area (Å²) >= 11 is 1.59. The molecule has 0 amide bonds. The lowest BCUT2D eigenvalue weighted by atomic mass is 10.2. The third kappa shape index (κ3) is 7.43. The third-order valence-electron chi connectivity index (χ3n) is 3.46. The first-order valence-corrected chi connectivity index (χ1v) is 8.36. The molecule has 1 aromatic heterocycles. The Morgan fingerprint density at radius 3 is 2.90 bits per heavy atom. The van der Waals surface area contributed by atoms with Gasteiger partial charge in [0.2, 0.25) is 0 Å². The summed E-state index contributed by atoms with van der Waals surface area (Å²) in [6, 6.07) is 0.606. The summed E-state index contributed by atoms with van der Waals surface area (Å²) in [5.74, 6) is -0.188. The van der Waals surface area contributed by atoms with Crippen molar-refractivity contribution in [2.45, 2.75) is 45.6 Å². The zero-order valence-corrected chi connectivity index (χ0v) is 14.3. The first kappa shape index (κ1) is 17.9. The van der Waals surface area contributed by atoms with E-state index in [0.717, 1.165) is 30.3 Å². The lowest BCUT2D eigenvalue weighted by molar-refractivity contribution is -0.140. The molecule has 120 valence electrons. The average Bonchev–Trinajstić information content (AvgIpc) is 2.91. The van der Waals surface area contributed by atoms with Crippen LogP contribution in [0.2, 0.25) is 0 Å². The number of thiazole rings is 1. The molecule has 0 aliphatic rings. The molecule has 0 spiro atoms. The molecule has 0 aliphatic carbocycles. The number of rotatable bonds is 10. The van der Waals surface area contributed by atoms with Crippen LogP contribution in [0.15, 0.2) is 5.38 Å². The highest BCUT2D eigenvalue weighted by Crippen LogP contribution is 2.16. The molecule has 1 N–H and O–H groups in total. The maximum absolute atomic E-state index is 11.1. The van der Waals surface area contributed by atoms with E-state index in [4.69, 9.17) is 0 Å². The van der Waals surface area contributed by atoms with Crippen molar-refractivity contribution in [3.05, 3.63) is 11.1 Å². The number of unbranched alkanes of at least 4 members (excludes halogenated alkanes) is 1. The highest BCUT2D eigenvalue weighted by atomic mass is 32.1. The van der Waals surface area contributed by atoms with Gasteiger partial charge in [0.05, 0.1) is 19.2 Å². The van der Waals surface area contributed by atoms with Gasteiger partial charge in [0.1, 0.15) is 0 Å². The zero-order chi connectivity index (χ0) is 15.7. The van der Waals surface area contributed by atoms with Crippen LogP contribution in [0.1, 0.15) is 38.8 Å². The molecule has 1 rings (SSSR count). The highest BCUT2D eigenvalue weighted by Gasteiger charge is 2.06. The standard InChI is InChI=1S/C15H27N3O2S/c1-12(2)18(3)10-6-5-9-16-15-17-13(11-21-15)7-8-14(19)20-4/h11-12H,5-10H2,1-4H3,(H,16,17). The summed E-state index contributed by atoms with van der Waals surface area (Å²) in [6.07, 6.45) is 3.35. The summed E-state index contributed by atoms with van der Waals surface area (Å²) in [5.41, 5.74) is 0.951. The average molecular weight is 313 g/mol. The largest absolute Gasteiger partial charge is 0.469 e. The van der Waals surface area contributed by atoms with Crippen molar-refractivity contribution < 1.29 is 9.53 Å². The molecule has 6 heteroatoms. The number of hydrogen-bond donors (Lipinski definition) is 1. The minimum absolute atomic E-state index is 0.188. The zero-order valence-electron chi connectivity index (χ0n) is 13.5. The van der Waals surface area contributed by atoms with Gasteiger partial charge in [-0.15, -0.1) is 11.3 Å². The van der Waals surface area contributed by atoms with Crippen LogP contribution in [0, 0.1) is 0 Å². The Labute approximate surface area is 131 Å². The van der Waals surface area contributed by atoms with E-state index in [1.54, 1.807) is 11.3 Å². The lowest BCUT2D eigenvalue weighted by Crippen LogP contribution is -2.27. The van der Waals surface area contributed by atoms with Gasteiger partial charge in [-0.1, -0.05) is 0 Å². The Balaban J connectivity index is 2.16. The van der Waals surface area contributed by atoms with Crippen LogP contribution in [-0.4, -0.2) is 49.1 Å². The van der Waals surface area contributed by atoms with E-state index in [2.05, 4.69) is 40.8 Å². The molecule has 0 radical (unpaired) electrons. The van der Waals surface area contributed by atoms with E-state index >= 15 is 0 Å². The molecule has 0 fully saturated rings. The van der Waals surface area contributed by atoms with Gasteiger partial charge >= 0.3 is 5.97 Å². The summed E-state index contributed by atoms with van der Waals surface area (Å²) in [4.78, 5) is 17.9. The maximum Gasteiger partial charge on any atom is 0.305 e. The van der Waals surface area contributed by atoms with Crippen molar-refractivity contribution in [2.24, 2.45) is 0 Å². The molecule has 0 bridgehead atoms. The molecule has 0 saturated heterocycles. The van der Waals surface area contributed by atoms with Gasteiger partial charge in [-0.3, -0.25) is 4.79 Å². The van der Waals surface area contributed by atoms with Gasteiger partial charge < -0.3 is 15.0 Å². The van der Waals surface area contributed by atoms with Gasteiger partial charge in [0.25, 0.3) is 0 Å². The second-order valence-corrected chi connectivity index (χ2v) is 6.29. The quantitative estimate of drug-likeness (QED) is 0.532. The van der Waals surface area contributed by atoms with Gasteiger partial charge in [0.15, 0.2) is 5.13 Å². The molecule has 21 heavy (non-hydrogen) atoms. The molecule has 0 saturated carbocycles. The molecular formula is C15H27N3O2S. The van der Waals surface area contributed by atoms with E-state index in [9.17, 15) is 4.79 Å². The van der Waals surface area contributed by atoms with E-state index < -0.39 is 0 Å². The van der Waals surface area contributed by atoms with Crippen LogP contribution in [0.5, 0.6) is 0 Å². The Morgan fingerprint density at radius 2 is 2.24 bits per heavy atom. The molecular weight excluding hydrogens is 286 g/mol. The van der Waals surface area contributed by atoms with Crippen LogP contribution in [-0.2, 0) is 16.0 Å². The summed E-state index contributed by atoms with van der Waals surface area (Å²) in [7, 11) is 3.57. The number of hydrogen-bond acceptors (Lipinski definition) is 6. The number of esters is 1. The van der Waals surface area contributed by atoms with Crippen molar-refractivity contribution in [1.82, 2.24) is 9.88 Å². The first-order chi connectivity index (χ1) is 10.0. The fourth-order valence-corrected chi connectivity index (χ4v) is 2.55. The number of carbonyl (C=O) groups excluding carboxylic acids is 1. The third-order valence-corrected chi connectivity index (χ3v) is 4.31. The number of carbonyl (C=O) groups is 1.